The normalized spacial score (nSPS) is 15.4. The Kier molecular flexibility index (Phi) is 6.85. The maximum Gasteiger partial charge on any atom is 0.269 e. The van der Waals surface area contributed by atoms with Gasteiger partial charge >= 0.3 is 0 Å². The van der Waals surface area contributed by atoms with Crippen LogP contribution >= 0.6 is 0 Å². The first kappa shape index (κ1) is 23.7. The minimum atomic E-state index is -3.79. The molecule has 172 valence electrons. The largest absolute Gasteiger partial charge is 0.483 e. The smallest absolute Gasteiger partial charge is 0.269 e. The summed E-state index contributed by atoms with van der Waals surface area (Å²) in [6, 6.07) is 12.4. The number of nitro groups is 1. The fourth-order valence-corrected chi connectivity index (χ4v) is 4.93. The predicted molar refractivity (Wildman–Crippen MR) is 119 cm³/mol. The number of carbonyl (C=O) groups is 1. The second kappa shape index (κ2) is 9.25. The van der Waals surface area contributed by atoms with Crippen molar-refractivity contribution >= 4 is 21.6 Å². The Morgan fingerprint density at radius 1 is 1.03 bits per heavy atom. The van der Waals surface area contributed by atoms with Crippen LogP contribution in [0.15, 0.2) is 53.4 Å². The first-order valence-corrected chi connectivity index (χ1v) is 11.7. The third-order valence-electron chi connectivity index (χ3n) is 5.32. The summed E-state index contributed by atoms with van der Waals surface area (Å²) in [4.78, 5) is 24.4. The fourth-order valence-electron chi connectivity index (χ4n) is 3.51. The number of hydrogen-bond acceptors (Lipinski definition) is 6. The van der Waals surface area contributed by atoms with Gasteiger partial charge in [0.05, 0.1) is 9.82 Å². The lowest BCUT2D eigenvalue weighted by atomic mass is 9.86. The SMILES string of the molecule is CC(C)(C)c1ccccc1OCC(=O)N1CCN(S(=O)(=O)c2ccc([N+](=O)[O-])cc2)CC1. The van der Waals surface area contributed by atoms with Gasteiger partial charge < -0.3 is 9.64 Å². The average molecular weight is 462 g/mol. The highest BCUT2D eigenvalue weighted by atomic mass is 32.2. The zero-order valence-electron chi connectivity index (χ0n) is 18.4. The van der Waals surface area contributed by atoms with Crippen molar-refractivity contribution in [3.8, 4) is 5.75 Å². The van der Waals surface area contributed by atoms with Crippen molar-refractivity contribution in [2.24, 2.45) is 0 Å². The summed E-state index contributed by atoms with van der Waals surface area (Å²) >= 11 is 0. The van der Waals surface area contributed by atoms with Gasteiger partial charge in [-0.2, -0.15) is 4.31 Å². The number of sulfonamides is 1. The molecule has 3 rings (SSSR count). The molecule has 1 saturated heterocycles. The number of hydrogen-bond donors (Lipinski definition) is 0. The molecule has 2 aromatic rings. The highest BCUT2D eigenvalue weighted by Crippen LogP contribution is 2.31. The summed E-state index contributed by atoms with van der Waals surface area (Å²) < 4.78 is 32.7. The number of piperazine rings is 1. The second-order valence-corrected chi connectivity index (χ2v) is 10.5. The Labute approximate surface area is 187 Å². The lowest BCUT2D eigenvalue weighted by molar-refractivity contribution is -0.384. The zero-order valence-corrected chi connectivity index (χ0v) is 19.2. The number of nitrogens with zero attached hydrogens (tertiary/aromatic N) is 3. The van der Waals surface area contributed by atoms with Crippen LogP contribution in [-0.4, -0.2) is 61.2 Å². The van der Waals surface area contributed by atoms with Gasteiger partial charge in [0.2, 0.25) is 10.0 Å². The van der Waals surface area contributed by atoms with E-state index in [1.807, 2.05) is 24.3 Å². The first-order chi connectivity index (χ1) is 15.0. The molecule has 0 spiro atoms. The molecular formula is C22H27N3O6S. The monoisotopic (exact) mass is 461 g/mol. The molecule has 0 aliphatic carbocycles. The van der Waals surface area contributed by atoms with Crippen molar-refractivity contribution in [2.75, 3.05) is 32.8 Å². The standard InChI is InChI=1S/C22H27N3O6S/c1-22(2,3)19-6-4-5-7-20(19)31-16-21(26)23-12-14-24(15-13-23)32(29,30)18-10-8-17(9-11-18)25(27)28/h4-11H,12-16H2,1-3H3. The van der Waals surface area contributed by atoms with Crippen LogP contribution < -0.4 is 4.74 Å². The Balaban J connectivity index is 1.58. The lowest BCUT2D eigenvalue weighted by Crippen LogP contribution is -2.51. The number of rotatable bonds is 6. The van der Waals surface area contributed by atoms with Crippen LogP contribution in [0.1, 0.15) is 26.3 Å². The molecule has 0 saturated carbocycles. The zero-order chi connectivity index (χ0) is 23.5. The summed E-state index contributed by atoms with van der Waals surface area (Å²) in [5.74, 6) is 0.453. The number of ether oxygens (including phenoxy) is 1. The molecular weight excluding hydrogens is 434 g/mol. The number of benzene rings is 2. The summed E-state index contributed by atoms with van der Waals surface area (Å²) in [5, 5.41) is 10.8. The third kappa shape index (κ3) is 5.25. The molecule has 2 aromatic carbocycles. The summed E-state index contributed by atoms with van der Waals surface area (Å²) in [6.07, 6.45) is 0. The Morgan fingerprint density at radius 2 is 1.62 bits per heavy atom. The molecule has 1 fully saturated rings. The summed E-state index contributed by atoms with van der Waals surface area (Å²) in [6.45, 7) is 6.87. The van der Waals surface area contributed by atoms with Crippen LogP contribution in [0.4, 0.5) is 5.69 Å². The van der Waals surface area contributed by atoms with Crippen molar-refractivity contribution < 1.29 is 22.9 Å². The quantitative estimate of drug-likeness (QED) is 0.483. The molecule has 1 aliphatic heterocycles. The maximum atomic E-state index is 12.8. The second-order valence-electron chi connectivity index (χ2n) is 8.57. The Hall–Kier alpha value is -2.98. The molecule has 0 bridgehead atoms. The van der Waals surface area contributed by atoms with Crippen LogP contribution in [0.2, 0.25) is 0 Å². The molecule has 0 radical (unpaired) electrons. The van der Waals surface area contributed by atoms with Crippen molar-refractivity contribution in [3.05, 3.63) is 64.2 Å². The predicted octanol–water partition coefficient (Wildman–Crippen LogP) is 2.80. The van der Waals surface area contributed by atoms with Crippen molar-refractivity contribution in [2.45, 2.75) is 31.1 Å². The van der Waals surface area contributed by atoms with E-state index in [2.05, 4.69) is 20.8 Å². The minimum Gasteiger partial charge on any atom is -0.483 e. The van der Waals surface area contributed by atoms with Crippen molar-refractivity contribution in [3.63, 3.8) is 0 Å². The lowest BCUT2D eigenvalue weighted by Gasteiger charge is -2.34. The van der Waals surface area contributed by atoms with Gasteiger partial charge in [-0.05, 0) is 29.2 Å². The molecule has 9 nitrogen and oxygen atoms in total. The van der Waals surface area contributed by atoms with E-state index in [1.165, 1.54) is 28.6 Å². The van der Waals surface area contributed by atoms with E-state index in [4.69, 9.17) is 4.74 Å². The highest BCUT2D eigenvalue weighted by molar-refractivity contribution is 7.89. The third-order valence-corrected chi connectivity index (χ3v) is 7.24. The van der Waals surface area contributed by atoms with Crippen LogP contribution in [0.3, 0.4) is 0 Å². The molecule has 0 atom stereocenters. The Bertz CT molecular complexity index is 1090. The summed E-state index contributed by atoms with van der Waals surface area (Å²) in [5.41, 5.74) is 0.705. The molecule has 1 amide bonds. The van der Waals surface area contributed by atoms with Gasteiger partial charge in [0.1, 0.15) is 5.75 Å². The van der Waals surface area contributed by atoms with Gasteiger partial charge in [-0.25, -0.2) is 8.42 Å². The van der Waals surface area contributed by atoms with Crippen LogP contribution in [0, 0.1) is 10.1 Å². The molecule has 1 aliphatic rings. The van der Waals surface area contributed by atoms with Crippen molar-refractivity contribution in [1.29, 1.82) is 0 Å². The van der Waals surface area contributed by atoms with E-state index in [-0.39, 0.29) is 54.7 Å². The van der Waals surface area contributed by atoms with E-state index < -0.39 is 14.9 Å². The number of non-ortho nitro benzene ring substituents is 1. The topological polar surface area (TPSA) is 110 Å². The van der Waals surface area contributed by atoms with Gasteiger partial charge in [0, 0.05) is 38.3 Å². The fraction of sp³-hybridized carbons (Fsp3) is 0.409. The Morgan fingerprint density at radius 3 is 2.19 bits per heavy atom. The van der Waals surface area contributed by atoms with Crippen LogP contribution in [0.25, 0.3) is 0 Å². The number of nitro benzene ring substituents is 1. The maximum absolute atomic E-state index is 12.8. The van der Waals surface area contributed by atoms with E-state index in [9.17, 15) is 23.3 Å². The van der Waals surface area contributed by atoms with Crippen molar-refractivity contribution in [1.82, 2.24) is 9.21 Å². The molecule has 1 heterocycles. The van der Waals surface area contributed by atoms with E-state index in [0.29, 0.717) is 5.75 Å². The molecule has 0 aromatic heterocycles. The van der Waals surface area contributed by atoms with Gasteiger partial charge in [-0.15, -0.1) is 0 Å². The van der Waals surface area contributed by atoms with E-state index in [1.54, 1.807) is 4.90 Å². The van der Waals surface area contributed by atoms with Gasteiger partial charge in [0.25, 0.3) is 11.6 Å². The van der Waals surface area contributed by atoms with Gasteiger partial charge in [-0.3, -0.25) is 14.9 Å². The molecule has 0 N–H and O–H groups in total. The molecule has 10 heteroatoms. The summed E-state index contributed by atoms with van der Waals surface area (Å²) in [7, 11) is -3.79. The first-order valence-electron chi connectivity index (χ1n) is 10.2. The van der Waals surface area contributed by atoms with Crippen LogP contribution in [0.5, 0.6) is 5.75 Å². The highest BCUT2D eigenvalue weighted by Gasteiger charge is 2.30. The van der Waals surface area contributed by atoms with Gasteiger partial charge in [-0.1, -0.05) is 39.0 Å². The molecule has 0 unspecified atom stereocenters. The van der Waals surface area contributed by atoms with E-state index in [0.717, 1.165) is 5.56 Å². The number of amides is 1. The minimum absolute atomic E-state index is 0.00926. The number of para-hydroxylation sites is 1. The van der Waals surface area contributed by atoms with E-state index >= 15 is 0 Å². The van der Waals surface area contributed by atoms with Gasteiger partial charge in [0.15, 0.2) is 6.61 Å². The van der Waals surface area contributed by atoms with Crippen LogP contribution in [-0.2, 0) is 20.2 Å². The number of carbonyl (C=O) groups excluding carboxylic acids is 1. The molecule has 32 heavy (non-hydrogen) atoms. The average Bonchev–Trinajstić information content (AvgIpc) is 2.77.